The van der Waals surface area contributed by atoms with Gasteiger partial charge in [-0.3, -0.25) is 14.6 Å². The van der Waals surface area contributed by atoms with Crippen molar-refractivity contribution in [2.45, 2.75) is 69.5 Å². The van der Waals surface area contributed by atoms with Crippen LogP contribution in [0, 0.1) is 5.92 Å². The average molecular weight is 508 g/mol. The molecule has 4 atom stereocenters. The number of nitrogens with two attached hydrogens (primary N) is 3. The number of rotatable bonds is 8. The molecule has 2 aliphatic rings. The number of likely N-dealkylation sites (tertiary alicyclic amines) is 1. The second-order valence-corrected chi connectivity index (χ2v) is 7.44. The number of carbonyl (C=O) groups excluding carboxylic acids is 3. The van der Waals surface area contributed by atoms with Gasteiger partial charge in [0.05, 0.1) is 12.0 Å². The van der Waals surface area contributed by atoms with Gasteiger partial charge in [-0.25, -0.2) is 0 Å². The van der Waals surface area contributed by atoms with Crippen LogP contribution < -0.4 is 22.5 Å². The number of hydrogen-bond donors (Lipinski definition) is 4. The first kappa shape index (κ1) is 34.3. The van der Waals surface area contributed by atoms with Gasteiger partial charge in [0.1, 0.15) is 12.3 Å². The summed E-state index contributed by atoms with van der Waals surface area (Å²) in [5.41, 5.74) is 16.7. The first-order valence-corrected chi connectivity index (χ1v) is 9.81. The van der Waals surface area contributed by atoms with Crippen molar-refractivity contribution >= 4 is 61.3 Å². The molecule has 0 spiro atoms. The van der Waals surface area contributed by atoms with Gasteiger partial charge in [-0.05, 0) is 38.5 Å². The van der Waals surface area contributed by atoms with Crippen LogP contribution in [0.4, 0.5) is 0 Å². The highest BCUT2D eigenvalue weighted by Crippen LogP contribution is 2.28. The van der Waals surface area contributed by atoms with Crippen LogP contribution in [0.25, 0.3) is 0 Å². The second-order valence-electron chi connectivity index (χ2n) is 7.44. The zero-order valence-corrected chi connectivity index (χ0v) is 20.0. The average Bonchev–Trinajstić information content (AvgIpc) is 3.13. The van der Waals surface area contributed by atoms with Crippen molar-refractivity contribution in [3.05, 3.63) is 0 Å². The van der Waals surface area contributed by atoms with Crippen molar-refractivity contribution in [1.29, 1.82) is 0 Å². The Morgan fingerprint density at radius 2 is 1.74 bits per heavy atom. The van der Waals surface area contributed by atoms with Crippen molar-refractivity contribution in [2.75, 3.05) is 13.1 Å². The third kappa shape index (κ3) is 10.2. The van der Waals surface area contributed by atoms with Crippen LogP contribution in [-0.4, -0.2) is 65.7 Å². The predicted molar refractivity (Wildman–Crippen MR) is 128 cm³/mol. The quantitative estimate of drug-likeness (QED) is 0.150. The maximum atomic E-state index is 12.9. The zero-order chi connectivity index (χ0) is 19.8. The summed E-state index contributed by atoms with van der Waals surface area (Å²) in [6.45, 7) is 0.965. The van der Waals surface area contributed by atoms with Crippen LogP contribution in [-0.2, 0) is 14.4 Å². The highest BCUT2D eigenvalue weighted by Gasteiger charge is 2.39. The van der Waals surface area contributed by atoms with Gasteiger partial charge in [0, 0.05) is 19.1 Å². The summed E-state index contributed by atoms with van der Waals surface area (Å²) < 4.78 is 0. The molecule has 1 saturated heterocycles. The number of carbonyl (C=O) groups is 3. The van der Waals surface area contributed by atoms with E-state index in [1.54, 1.807) is 4.90 Å². The van der Waals surface area contributed by atoms with E-state index in [2.05, 4.69) is 10.3 Å². The molecule has 2 unspecified atom stereocenters. The Hall–Kier alpha value is -1.33. The number of amides is 2. The maximum absolute atomic E-state index is 12.9. The van der Waals surface area contributed by atoms with Gasteiger partial charge in [0.15, 0.2) is 5.96 Å². The molecule has 1 saturated carbocycles. The number of aliphatic imine (C=N–C) groups is 1. The molecule has 1 aliphatic carbocycles. The number of hydrogen-bond acceptors (Lipinski definition) is 5. The lowest BCUT2D eigenvalue weighted by Gasteiger charge is -2.33. The molecule has 2 rings (SSSR count). The van der Waals surface area contributed by atoms with Gasteiger partial charge in [0.25, 0.3) is 0 Å². The predicted octanol–water partition coefficient (Wildman–Crippen LogP) is -0.327. The molecular weight excluding hydrogens is 471 g/mol. The monoisotopic (exact) mass is 506 g/mol. The molecule has 1 heterocycles. The van der Waals surface area contributed by atoms with Crippen molar-refractivity contribution in [1.82, 2.24) is 10.2 Å². The SMILES string of the molecule is Cl.Cl.Cl.NC(N)=NCCC[C@@H](C=O)NC(=O)[C@@H]1CCCN1C(=O)C1CCCCC1N.O. The molecule has 9 N–H and O–H groups in total. The molecule has 0 aromatic heterocycles. The Balaban J connectivity index is -0.00000196. The maximum Gasteiger partial charge on any atom is 0.243 e. The topological polar surface area (TPSA) is 188 Å². The Morgan fingerprint density at radius 3 is 2.32 bits per heavy atom. The molecule has 13 heteroatoms. The van der Waals surface area contributed by atoms with Crippen LogP contribution in [0.3, 0.4) is 0 Å². The molecule has 2 amide bonds. The van der Waals surface area contributed by atoms with Gasteiger partial charge in [0.2, 0.25) is 11.8 Å². The van der Waals surface area contributed by atoms with Crippen molar-refractivity contribution < 1.29 is 19.9 Å². The molecule has 0 aromatic carbocycles. The van der Waals surface area contributed by atoms with Crippen LogP contribution in [0.5, 0.6) is 0 Å². The highest BCUT2D eigenvalue weighted by molar-refractivity contribution is 5.90. The first-order chi connectivity index (χ1) is 12.9. The van der Waals surface area contributed by atoms with E-state index in [-0.39, 0.29) is 72.4 Å². The number of nitrogens with zero attached hydrogens (tertiary/aromatic N) is 2. The fourth-order valence-electron chi connectivity index (χ4n) is 3.95. The van der Waals surface area contributed by atoms with E-state index in [0.717, 1.165) is 32.1 Å². The molecule has 31 heavy (non-hydrogen) atoms. The van der Waals surface area contributed by atoms with Crippen LogP contribution in [0.2, 0.25) is 0 Å². The molecule has 10 nitrogen and oxygen atoms in total. The molecule has 2 fully saturated rings. The highest BCUT2D eigenvalue weighted by atomic mass is 35.5. The van der Waals surface area contributed by atoms with E-state index in [0.29, 0.717) is 38.6 Å². The minimum absolute atomic E-state index is 0. The number of nitrogens with one attached hydrogen (secondary N) is 1. The summed E-state index contributed by atoms with van der Waals surface area (Å²) in [6, 6.07) is -1.26. The van der Waals surface area contributed by atoms with E-state index >= 15 is 0 Å². The number of halogens is 3. The van der Waals surface area contributed by atoms with E-state index < -0.39 is 12.1 Å². The number of aldehydes is 1. The summed E-state index contributed by atoms with van der Waals surface area (Å²) in [6.07, 6.45) is 6.81. The van der Waals surface area contributed by atoms with Gasteiger partial charge in [-0.2, -0.15) is 0 Å². The largest absolute Gasteiger partial charge is 0.412 e. The summed E-state index contributed by atoms with van der Waals surface area (Å²) >= 11 is 0. The lowest BCUT2D eigenvalue weighted by atomic mass is 9.84. The second kappa shape index (κ2) is 17.3. The lowest BCUT2D eigenvalue weighted by molar-refractivity contribution is -0.143. The minimum Gasteiger partial charge on any atom is -0.412 e. The van der Waals surface area contributed by atoms with Gasteiger partial charge < -0.3 is 37.7 Å². The van der Waals surface area contributed by atoms with Crippen LogP contribution in [0.1, 0.15) is 51.4 Å². The van der Waals surface area contributed by atoms with Gasteiger partial charge >= 0.3 is 0 Å². The van der Waals surface area contributed by atoms with Gasteiger partial charge in [-0.1, -0.05) is 12.8 Å². The molecule has 1 aliphatic heterocycles. The summed E-state index contributed by atoms with van der Waals surface area (Å²) in [5, 5.41) is 2.75. The fourth-order valence-corrected chi connectivity index (χ4v) is 3.95. The van der Waals surface area contributed by atoms with Crippen molar-refractivity contribution in [3.8, 4) is 0 Å². The van der Waals surface area contributed by atoms with E-state index in [1.165, 1.54) is 0 Å². The molecule has 0 aromatic rings. The molecule has 0 bridgehead atoms. The van der Waals surface area contributed by atoms with Crippen LogP contribution in [0.15, 0.2) is 4.99 Å². The normalized spacial score (nSPS) is 22.9. The zero-order valence-electron chi connectivity index (χ0n) is 17.5. The van der Waals surface area contributed by atoms with Crippen molar-refractivity contribution in [2.24, 2.45) is 28.1 Å². The third-order valence-corrected chi connectivity index (χ3v) is 5.43. The fraction of sp³-hybridized carbons (Fsp3) is 0.778. The lowest BCUT2D eigenvalue weighted by Crippen LogP contribution is -2.53. The van der Waals surface area contributed by atoms with E-state index in [4.69, 9.17) is 17.2 Å². The van der Waals surface area contributed by atoms with Crippen molar-refractivity contribution in [3.63, 3.8) is 0 Å². The van der Waals surface area contributed by atoms with Crippen LogP contribution >= 0.6 is 37.2 Å². The smallest absolute Gasteiger partial charge is 0.243 e. The standard InChI is InChI=1S/C18H32N6O3.3ClH.H2O/c19-14-7-2-1-6-13(14)17(27)24-10-4-8-15(24)16(26)23-12(11-25)5-3-9-22-18(20)21;;;;/h11-15H,1-10,19H2,(H,23,26)(H4,20,21,22);3*1H;1H2/t12-,13?,14?,15-;;;;/m0..../s1. The van der Waals surface area contributed by atoms with E-state index in [9.17, 15) is 14.4 Å². The summed E-state index contributed by atoms with van der Waals surface area (Å²) in [5.74, 6) is -0.490. The number of guanidine groups is 1. The Labute approximate surface area is 202 Å². The summed E-state index contributed by atoms with van der Waals surface area (Å²) in [7, 11) is 0. The Bertz CT molecular complexity index is 580. The molecular formula is C18H37Cl3N6O4. The Morgan fingerprint density at radius 1 is 1.10 bits per heavy atom. The molecule has 184 valence electrons. The Kier molecular flexibility index (Phi) is 19.1. The summed E-state index contributed by atoms with van der Waals surface area (Å²) in [4.78, 5) is 42.4. The third-order valence-electron chi connectivity index (χ3n) is 5.43. The molecule has 0 radical (unpaired) electrons. The van der Waals surface area contributed by atoms with E-state index in [1.807, 2.05) is 0 Å². The minimum atomic E-state index is -0.610. The van der Waals surface area contributed by atoms with Gasteiger partial charge in [-0.15, -0.1) is 37.2 Å². The first-order valence-electron chi connectivity index (χ1n) is 9.81.